The van der Waals surface area contributed by atoms with Crippen LogP contribution in [0.1, 0.15) is 20.8 Å². The Bertz CT molecular complexity index is 1220. The number of benzene rings is 2. The lowest BCUT2D eigenvalue weighted by molar-refractivity contribution is 0.0549. The van der Waals surface area contributed by atoms with Gasteiger partial charge < -0.3 is 9.47 Å². The van der Waals surface area contributed by atoms with Crippen LogP contribution >= 0.6 is 0 Å². The predicted octanol–water partition coefficient (Wildman–Crippen LogP) is 3.57. The molecule has 8 nitrogen and oxygen atoms in total. The average molecular weight is 414 g/mol. The average Bonchev–Trinajstić information content (AvgIpc) is 3.25. The fraction of sp³-hybridized carbons (Fsp3) is 0.0870. The van der Waals surface area contributed by atoms with Crippen LogP contribution in [0.5, 0.6) is 0 Å². The highest BCUT2D eigenvalue weighted by atomic mass is 16.5. The van der Waals surface area contributed by atoms with E-state index in [-0.39, 0.29) is 11.3 Å². The maximum atomic E-state index is 12.7. The summed E-state index contributed by atoms with van der Waals surface area (Å²) in [6.45, 7) is 0. The first-order valence-electron chi connectivity index (χ1n) is 9.36. The van der Waals surface area contributed by atoms with Crippen molar-refractivity contribution in [2.24, 2.45) is 0 Å². The smallest absolute Gasteiger partial charge is 0.357 e. The van der Waals surface area contributed by atoms with Crippen LogP contribution < -0.4 is 0 Å². The zero-order valence-corrected chi connectivity index (χ0v) is 16.9. The zero-order chi connectivity index (χ0) is 21.8. The van der Waals surface area contributed by atoms with Gasteiger partial charge in [-0.15, -0.1) is 0 Å². The Kier molecular flexibility index (Phi) is 5.53. The van der Waals surface area contributed by atoms with Gasteiger partial charge in [-0.25, -0.2) is 24.2 Å². The fourth-order valence-corrected chi connectivity index (χ4v) is 3.22. The van der Waals surface area contributed by atoms with Crippen molar-refractivity contribution in [3.05, 3.63) is 84.4 Å². The topological polar surface area (TPSA) is 96.2 Å². The van der Waals surface area contributed by atoms with Crippen LogP contribution in [0, 0.1) is 0 Å². The normalized spacial score (nSPS) is 10.5. The molecule has 0 amide bonds. The quantitative estimate of drug-likeness (QED) is 0.461. The second kappa shape index (κ2) is 8.58. The van der Waals surface area contributed by atoms with E-state index in [2.05, 4.69) is 15.1 Å². The highest BCUT2D eigenvalue weighted by Gasteiger charge is 2.31. The molecule has 8 heteroatoms. The number of hydrogen-bond acceptors (Lipinski definition) is 7. The summed E-state index contributed by atoms with van der Waals surface area (Å²) in [4.78, 5) is 33.5. The number of esters is 2. The van der Waals surface area contributed by atoms with Crippen LogP contribution in [-0.4, -0.2) is 45.9 Å². The van der Waals surface area contributed by atoms with Crippen LogP contribution in [0.4, 0.5) is 0 Å². The van der Waals surface area contributed by atoms with Gasteiger partial charge in [0.05, 0.1) is 25.6 Å². The predicted molar refractivity (Wildman–Crippen MR) is 113 cm³/mol. The Labute approximate surface area is 178 Å². The van der Waals surface area contributed by atoms with E-state index in [0.29, 0.717) is 16.9 Å². The molecule has 31 heavy (non-hydrogen) atoms. The molecule has 0 bridgehead atoms. The van der Waals surface area contributed by atoms with Crippen LogP contribution in [0.25, 0.3) is 28.2 Å². The number of rotatable bonds is 5. The lowest BCUT2D eigenvalue weighted by Crippen LogP contribution is -2.15. The number of carbonyl (C=O) groups is 2. The molecular weight excluding hydrogens is 396 g/mol. The molecule has 2 heterocycles. The Morgan fingerprint density at radius 1 is 0.839 bits per heavy atom. The Morgan fingerprint density at radius 2 is 1.52 bits per heavy atom. The molecule has 0 aliphatic rings. The van der Waals surface area contributed by atoms with E-state index < -0.39 is 11.9 Å². The number of hydrogen-bond donors (Lipinski definition) is 0. The second-order valence-electron chi connectivity index (χ2n) is 6.47. The maximum absolute atomic E-state index is 12.7. The molecule has 0 saturated carbocycles. The third-order valence-electron chi connectivity index (χ3n) is 4.69. The molecule has 2 aromatic carbocycles. The first-order chi connectivity index (χ1) is 15.1. The van der Waals surface area contributed by atoms with E-state index >= 15 is 0 Å². The highest BCUT2D eigenvalue weighted by Crippen LogP contribution is 2.30. The fourth-order valence-electron chi connectivity index (χ4n) is 3.22. The van der Waals surface area contributed by atoms with Crippen molar-refractivity contribution in [3.8, 4) is 28.2 Å². The third kappa shape index (κ3) is 3.78. The zero-order valence-electron chi connectivity index (χ0n) is 16.9. The SMILES string of the molecule is COC(=O)c1c(-c2ccc(-c3ccncn3)cc2)nn(-c2ccccc2)c1C(=O)OC. The van der Waals surface area contributed by atoms with Gasteiger partial charge in [0.25, 0.3) is 0 Å². The van der Waals surface area contributed by atoms with Crippen molar-refractivity contribution in [2.45, 2.75) is 0 Å². The molecule has 0 radical (unpaired) electrons. The summed E-state index contributed by atoms with van der Waals surface area (Å²) >= 11 is 0. The van der Waals surface area contributed by atoms with Gasteiger partial charge in [0.2, 0.25) is 0 Å². The first-order valence-corrected chi connectivity index (χ1v) is 9.36. The van der Waals surface area contributed by atoms with Crippen molar-refractivity contribution in [1.29, 1.82) is 0 Å². The summed E-state index contributed by atoms with van der Waals surface area (Å²) in [5, 5.41) is 4.58. The summed E-state index contributed by atoms with van der Waals surface area (Å²) in [6.07, 6.45) is 3.14. The van der Waals surface area contributed by atoms with E-state index in [4.69, 9.17) is 9.47 Å². The lowest BCUT2D eigenvalue weighted by Gasteiger charge is -2.07. The molecular formula is C23H18N4O4. The first kappa shape index (κ1) is 20.0. The minimum Gasteiger partial charge on any atom is -0.465 e. The van der Waals surface area contributed by atoms with E-state index in [0.717, 1.165) is 11.3 Å². The van der Waals surface area contributed by atoms with Crippen LogP contribution in [-0.2, 0) is 9.47 Å². The van der Waals surface area contributed by atoms with Gasteiger partial charge in [-0.05, 0) is 18.2 Å². The number of nitrogens with zero attached hydrogens (tertiary/aromatic N) is 4. The molecule has 4 rings (SSSR count). The molecule has 2 aromatic heterocycles. The van der Waals surface area contributed by atoms with Gasteiger partial charge in [-0.1, -0.05) is 42.5 Å². The second-order valence-corrected chi connectivity index (χ2v) is 6.47. The van der Waals surface area contributed by atoms with Gasteiger partial charge in [0, 0.05) is 17.3 Å². The van der Waals surface area contributed by atoms with Crippen LogP contribution in [0.15, 0.2) is 73.2 Å². The van der Waals surface area contributed by atoms with Crippen LogP contribution in [0.2, 0.25) is 0 Å². The van der Waals surface area contributed by atoms with E-state index in [1.54, 1.807) is 24.4 Å². The molecule has 0 aliphatic heterocycles. The number of ether oxygens (including phenoxy) is 2. The molecule has 0 aliphatic carbocycles. The standard InChI is InChI=1S/C23H18N4O4/c1-30-22(28)19-20(16-10-8-15(9-11-16)18-12-13-24-14-25-18)26-27(21(19)23(29)31-2)17-6-4-3-5-7-17/h3-14H,1-2H3. The van der Waals surface area contributed by atoms with E-state index in [1.807, 2.05) is 42.5 Å². The molecule has 0 N–H and O–H groups in total. The van der Waals surface area contributed by atoms with Crippen molar-refractivity contribution >= 4 is 11.9 Å². The summed E-state index contributed by atoms with van der Waals surface area (Å²) in [7, 11) is 2.51. The molecule has 0 saturated heterocycles. The molecule has 0 unspecified atom stereocenters. The summed E-state index contributed by atoms with van der Waals surface area (Å²) in [6, 6.07) is 18.2. The molecule has 0 spiro atoms. The molecule has 0 atom stereocenters. The van der Waals surface area contributed by atoms with Gasteiger partial charge in [-0.2, -0.15) is 5.10 Å². The van der Waals surface area contributed by atoms with Crippen molar-refractivity contribution in [1.82, 2.24) is 19.7 Å². The van der Waals surface area contributed by atoms with E-state index in [9.17, 15) is 9.59 Å². The summed E-state index contributed by atoms with van der Waals surface area (Å²) in [5.74, 6) is -1.38. The maximum Gasteiger partial charge on any atom is 0.357 e. The Hall–Kier alpha value is -4.33. The molecule has 4 aromatic rings. The number of aromatic nitrogens is 4. The van der Waals surface area contributed by atoms with Crippen molar-refractivity contribution < 1.29 is 19.1 Å². The Morgan fingerprint density at radius 3 is 2.13 bits per heavy atom. The van der Waals surface area contributed by atoms with Gasteiger partial charge in [-0.3, -0.25) is 0 Å². The van der Waals surface area contributed by atoms with Gasteiger partial charge in [0.1, 0.15) is 17.6 Å². The molecule has 0 fully saturated rings. The highest BCUT2D eigenvalue weighted by molar-refractivity contribution is 6.06. The Balaban J connectivity index is 1.90. The lowest BCUT2D eigenvalue weighted by atomic mass is 10.0. The van der Waals surface area contributed by atoms with Gasteiger partial charge in [0.15, 0.2) is 5.69 Å². The van der Waals surface area contributed by atoms with Crippen molar-refractivity contribution in [3.63, 3.8) is 0 Å². The number of methoxy groups -OCH3 is 2. The largest absolute Gasteiger partial charge is 0.465 e. The van der Waals surface area contributed by atoms with E-state index in [1.165, 1.54) is 25.2 Å². The minimum absolute atomic E-state index is 0.00423. The number of carbonyl (C=O) groups excluding carboxylic acids is 2. The van der Waals surface area contributed by atoms with Gasteiger partial charge >= 0.3 is 11.9 Å². The summed E-state index contributed by atoms with van der Waals surface area (Å²) in [5.41, 5.74) is 3.23. The minimum atomic E-state index is -0.694. The van der Waals surface area contributed by atoms with Crippen LogP contribution in [0.3, 0.4) is 0 Å². The molecule has 154 valence electrons. The van der Waals surface area contributed by atoms with Crippen molar-refractivity contribution in [2.75, 3.05) is 14.2 Å². The third-order valence-corrected chi connectivity index (χ3v) is 4.69. The monoisotopic (exact) mass is 414 g/mol. The summed E-state index contributed by atoms with van der Waals surface area (Å²) < 4.78 is 11.3. The number of para-hydroxylation sites is 1.